The molecule has 6 heteroatoms. The van der Waals surface area contributed by atoms with Gasteiger partial charge in [0.2, 0.25) is 0 Å². The number of halogens is 1. The summed E-state index contributed by atoms with van der Waals surface area (Å²) in [5.74, 6) is 1.05. The van der Waals surface area contributed by atoms with Crippen molar-refractivity contribution in [3.05, 3.63) is 0 Å². The number of rotatable bonds is 5. The topological polar surface area (TPSA) is 42.9 Å². The smallest absolute Gasteiger partial charge is 0.191 e. The minimum absolute atomic E-state index is 0. The van der Waals surface area contributed by atoms with Crippen molar-refractivity contribution in [3.63, 3.8) is 0 Å². The van der Waals surface area contributed by atoms with Gasteiger partial charge in [0, 0.05) is 18.1 Å². The van der Waals surface area contributed by atoms with Gasteiger partial charge in [0.15, 0.2) is 5.96 Å². The lowest BCUT2D eigenvalue weighted by molar-refractivity contribution is 0.0208. The summed E-state index contributed by atoms with van der Waals surface area (Å²) in [7, 11) is 2.26. The first-order chi connectivity index (χ1) is 12.2. The summed E-state index contributed by atoms with van der Waals surface area (Å²) in [6.45, 7) is 9.01. The van der Waals surface area contributed by atoms with Crippen molar-refractivity contribution in [2.24, 2.45) is 4.99 Å². The molecule has 152 valence electrons. The number of likely N-dealkylation sites (tertiary alicyclic amines) is 2. The van der Waals surface area contributed by atoms with Crippen LogP contribution in [0.15, 0.2) is 4.99 Å². The van der Waals surface area contributed by atoms with Gasteiger partial charge in [-0.3, -0.25) is 9.89 Å². The minimum atomic E-state index is 0. The maximum Gasteiger partial charge on any atom is 0.191 e. The Morgan fingerprint density at radius 2 is 1.65 bits per heavy atom. The molecular formula is C20H40IN5. The Kier molecular flexibility index (Phi) is 9.44. The molecule has 2 aliphatic heterocycles. The molecule has 0 aromatic rings. The van der Waals surface area contributed by atoms with Crippen molar-refractivity contribution in [3.8, 4) is 0 Å². The molecule has 3 aliphatic rings. The van der Waals surface area contributed by atoms with Crippen molar-refractivity contribution >= 4 is 29.9 Å². The van der Waals surface area contributed by atoms with E-state index in [9.17, 15) is 0 Å². The largest absolute Gasteiger partial charge is 0.357 e. The third kappa shape index (κ3) is 5.96. The van der Waals surface area contributed by atoms with E-state index in [1.54, 1.807) is 0 Å². The summed E-state index contributed by atoms with van der Waals surface area (Å²) < 4.78 is 0. The number of guanidine groups is 1. The lowest BCUT2D eigenvalue weighted by Crippen LogP contribution is -2.58. The number of nitrogens with one attached hydrogen (secondary N) is 2. The van der Waals surface area contributed by atoms with Crippen LogP contribution in [0.4, 0.5) is 0 Å². The summed E-state index contributed by atoms with van der Waals surface area (Å²) in [4.78, 5) is 10.4. The van der Waals surface area contributed by atoms with Crippen LogP contribution >= 0.6 is 24.0 Å². The van der Waals surface area contributed by atoms with E-state index in [0.29, 0.717) is 6.04 Å². The van der Waals surface area contributed by atoms with E-state index in [1.165, 1.54) is 84.0 Å². The standard InChI is InChI=1S/C20H39N5.HI/c1-3-21-19(23-18-9-5-6-10-18)22-17-20(11-15-24(2)16-12-20)25-13-7-4-8-14-25;/h18H,3-17H2,1-2H3,(H2,21,22,23);1H. The molecule has 0 unspecified atom stereocenters. The molecule has 0 aromatic heterocycles. The van der Waals surface area contributed by atoms with E-state index < -0.39 is 0 Å². The Morgan fingerprint density at radius 3 is 2.27 bits per heavy atom. The Morgan fingerprint density at radius 1 is 1.00 bits per heavy atom. The summed E-state index contributed by atoms with van der Waals surface area (Å²) >= 11 is 0. The summed E-state index contributed by atoms with van der Waals surface area (Å²) in [5, 5.41) is 7.18. The Hall–Kier alpha value is -0.0800. The van der Waals surface area contributed by atoms with Gasteiger partial charge in [-0.25, -0.2) is 0 Å². The zero-order valence-electron chi connectivity index (χ0n) is 16.9. The van der Waals surface area contributed by atoms with Crippen LogP contribution in [0.2, 0.25) is 0 Å². The van der Waals surface area contributed by atoms with Crippen LogP contribution in [0.3, 0.4) is 0 Å². The Balaban J connectivity index is 0.00000243. The van der Waals surface area contributed by atoms with Gasteiger partial charge in [0.1, 0.15) is 0 Å². The zero-order valence-corrected chi connectivity index (χ0v) is 19.3. The predicted molar refractivity (Wildman–Crippen MR) is 122 cm³/mol. The Bertz CT molecular complexity index is 422. The highest BCUT2D eigenvalue weighted by molar-refractivity contribution is 14.0. The molecule has 3 rings (SSSR count). The Labute approximate surface area is 177 Å². The average molecular weight is 477 g/mol. The molecular weight excluding hydrogens is 437 g/mol. The third-order valence-electron chi connectivity index (χ3n) is 6.52. The van der Waals surface area contributed by atoms with E-state index in [0.717, 1.165) is 19.0 Å². The van der Waals surface area contributed by atoms with Gasteiger partial charge in [-0.2, -0.15) is 0 Å². The highest BCUT2D eigenvalue weighted by Crippen LogP contribution is 2.31. The van der Waals surface area contributed by atoms with Gasteiger partial charge >= 0.3 is 0 Å². The molecule has 2 N–H and O–H groups in total. The summed E-state index contributed by atoms with van der Waals surface area (Å²) in [5.41, 5.74) is 0.283. The normalized spacial score (nSPS) is 25.7. The molecule has 1 saturated carbocycles. The fraction of sp³-hybridized carbons (Fsp3) is 0.950. The predicted octanol–water partition coefficient (Wildman–Crippen LogP) is 3.05. The first kappa shape index (κ1) is 22.2. The number of piperidine rings is 2. The minimum Gasteiger partial charge on any atom is -0.357 e. The lowest BCUT2D eigenvalue weighted by Gasteiger charge is -2.49. The van der Waals surface area contributed by atoms with Crippen molar-refractivity contribution in [2.75, 3.05) is 46.3 Å². The molecule has 3 fully saturated rings. The number of hydrogen-bond acceptors (Lipinski definition) is 3. The quantitative estimate of drug-likeness (QED) is 0.363. The van der Waals surface area contributed by atoms with Crippen LogP contribution in [-0.2, 0) is 0 Å². The van der Waals surface area contributed by atoms with Crippen LogP contribution in [-0.4, -0.2) is 73.7 Å². The highest BCUT2D eigenvalue weighted by Gasteiger charge is 2.39. The second-order valence-electron chi connectivity index (χ2n) is 8.40. The maximum absolute atomic E-state index is 5.11. The van der Waals surface area contributed by atoms with E-state index >= 15 is 0 Å². The molecule has 0 radical (unpaired) electrons. The van der Waals surface area contributed by atoms with Crippen molar-refractivity contribution in [2.45, 2.75) is 76.3 Å². The van der Waals surface area contributed by atoms with E-state index in [1.807, 2.05) is 0 Å². The van der Waals surface area contributed by atoms with E-state index in [4.69, 9.17) is 4.99 Å². The first-order valence-corrected chi connectivity index (χ1v) is 10.7. The van der Waals surface area contributed by atoms with Gasteiger partial charge in [0.25, 0.3) is 0 Å². The molecule has 5 nitrogen and oxygen atoms in total. The highest BCUT2D eigenvalue weighted by atomic mass is 127. The van der Waals surface area contributed by atoms with Crippen LogP contribution in [0, 0.1) is 0 Å². The molecule has 2 saturated heterocycles. The molecule has 0 amide bonds. The van der Waals surface area contributed by atoms with Gasteiger partial charge in [-0.15, -0.1) is 24.0 Å². The van der Waals surface area contributed by atoms with Crippen molar-refractivity contribution in [1.29, 1.82) is 0 Å². The SMILES string of the molecule is CCNC(=NCC1(N2CCCCC2)CCN(C)CC1)NC1CCCC1.I. The second kappa shape index (κ2) is 11.1. The van der Waals surface area contributed by atoms with Crippen LogP contribution in [0.5, 0.6) is 0 Å². The second-order valence-corrected chi connectivity index (χ2v) is 8.40. The monoisotopic (exact) mass is 477 g/mol. The van der Waals surface area contributed by atoms with Crippen LogP contribution < -0.4 is 10.6 Å². The molecule has 0 spiro atoms. The molecule has 26 heavy (non-hydrogen) atoms. The van der Waals surface area contributed by atoms with Gasteiger partial charge in [0.05, 0.1) is 6.54 Å². The molecule has 1 aliphatic carbocycles. The summed E-state index contributed by atoms with van der Waals surface area (Å²) in [6.07, 6.45) is 12.0. The van der Waals surface area contributed by atoms with Gasteiger partial charge in [-0.05, 0) is 78.7 Å². The summed E-state index contributed by atoms with van der Waals surface area (Å²) in [6, 6.07) is 0.626. The fourth-order valence-corrected chi connectivity index (χ4v) is 4.79. The fourth-order valence-electron chi connectivity index (χ4n) is 4.79. The van der Waals surface area contributed by atoms with E-state index in [2.05, 4.69) is 34.4 Å². The van der Waals surface area contributed by atoms with Crippen LogP contribution in [0.25, 0.3) is 0 Å². The third-order valence-corrected chi connectivity index (χ3v) is 6.52. The lowest BCUT2D eigenvalue weighted by atomic mass is 9.84. The van der Waals surface area contributed by atoms with Crippen molar-refractivity contribution < 1.29 is 0 Å². The molecule has 0 aromatic carbocycles. The molecule has 2 heterocycles. The average Bonchev–Trinajstić information content (AvgIpc) is 3.15. The van der Waals surface area contributed by atoms with Gasteiger partial charge < -0.3 is 15.5 Å². The number of hydrogen-bond donors (Lipinski definition) is 2. The van der Waals surface area contributed by atoms with Gasteiger partial charge in [-0.1, -0.05) is 19.3 Å². The maximum atomic E-state index is 5.11. The van der Waals surface area contributed by atoms with Crippen molar-refractivity contribution in [1.82, 2.24) is 20.4 Å². The first-order valence-electron chi connectivity index (χ1n) is 10.7. The number of nitrogens with zero attached hydrogens (tertiary/aromatic N) is 3. The zero-order chi connectivity index (χ0) is 17.5. The van der Waals surface area contributed by atoms with Crippen LogP contribution in [0.1, 0.15) is 64.7 Å². The number of aliphatic imine (C=N–C) groups is 1. The molecule has 0 bridgehead atoms. The van der Waals surface area contributed by atoms with E-state index in [-0.39, 0.29) is 29.5 Å². The molecule has 0 atom stereocenters.